The SMILES string of the molecule is CN[Si](OC)(OC)C1CCCCC1C. The van der Waals surface area contributed by atoms with Gasteiger partial charge in [-0.3, -0.25) is 4.98 Å². The van der Waals surface area contributed by atoms with Gasteiger partial charge in [-0.25, -0.2) is 0 Å². The van der Waals surface area contributed by atoms with E-state index in [-0.39, 0.29) is 0 Å². The van der Waals surface area contributed by atoms with Gasteiger partial charge in [-0.15, -0.1) is 0 Å². The quantitative estimate of drug-likeness (QED) is 0.731. The molecule has 0 aliphatic heterocycles. The normalized spacial score (nSPS) is 29.1. The van der Waals surface area contributed by atoms with Crippen molar-refractivity contribution in [2.75, 3.05) is 21.3 Å². The second-order valence-corrected chi connectivity index (χ2v) is 7.59. The van der Waals surface area contributed by atoms with Crippen LogP contribution >= 0.6 is 0 Å². The first-order chi connectivity index (χ1) is 6.70. The van der Waals surface area contributed by atoms with Crippen molar-refractivity contribution >= 4 is 8.72 Å². The van der Waals surface area contributed by atoms with Crippen LogP contribution in [0.4, 0.5) is 0 Å². The molecule has 0 aromatic rings. The molecule has 4 heteroatoms. The molecule has 1 aliphatic rings. The van der Waals surface area contributed by atoms with Gasteiger partial charge in [0.15, 0.2) is 0 Å². The standard InChI is InChI=1S/C10H23NO2Si/c1-9-7-5-6-8-10(9)14(11-2,12-3)13-4/h9-11H,5-8H2,1-4H3. The molecule has 84 valence electrons. The van der Waals surface area contributed by atoms with Gasteiger partial charge in [-0.05, 0) is 19.4 Å². The summed E-state index contributed by atoms with van der Waals surface area (Å²) in [5.74, 6) is 0.725. The van der Waals surface area contributed by atoms with Crippen LogP contribution in [0.15, 0.2) is 0 Å². The van der Waals surface area contributed by atoms with Crippen LogP contribution in [0, 0.1) is 5.92 Å². The number of hydrogen-bond donors (Lipinski definition) is 1. The highest BCUT2D eigenvalue weighted by Gasteiger charge is 2.47. The average molecular weight is 217 g/mol. The summed E-state index contributed by atoms with van der Waals surface area (Å²) in [6, 6.07) is 0. The zero-order chi connectivity index (χ0) is 10.6. The molecule has 3 nitrogen and oxygen atoms in total. The van der Waals surface area contributed by atoms with E-state index in [1.807, 2.05) is 7.05 Å². The molecule has 1 saturated carbocycles. The van der Waals surface area contributed by atoms with E-state index < -0.39 is 8.72 Å². The second kappa shape index (κ2) is 5.26. The Labute approximate surface area is 88.5 Å². The van der Waals surface area contributed by atoms with Gasteiger partial charge in [0.05, 0.1) is 0 Å². The molecular formula is C10H23NO2Si. The molecule has 0 aromatic carbocycles. The molecule has 0 radical (unpaired) electrons. The lowest BCUT2D eigenvalue weighted by Gasteiger charge is -2.39. The van der Waals surface area contributed by atoms with Crippen molar-refractivity contribution < 1.29 is 8.85 Å². The monoisotopic (exact) mass is 217 g/mol. The largest absolute Gasteiger partial charge is 0.427 e. The topological polar surface area (TPSA) is 30.5 Å². The molecule has 2 atom stereocenters. The van der Waals surface area contributed by atoms with Crippen LogP contribution in [0.25, 0.3) is 0 Å². The van der Waals surface area contributed by atoms with Gasteiger partial charge in [0.25, 0.3) is 0 Å². The fraction of sp³-hybridized carbons (Fsp3) is 1.00. The Balaban J connectivity index is 2.74. The van der Waals surface area contributed by atoms with Crippen molar-refractivity contribution in [2.24, 2.45) is 5.92 Å². The zero-order valence-electron chi connectivity index (χ0n) is 9.80. The minimum absolute atomic E-state index is 0.594. The molecule has 1 N–H and O–H groups in total. The Hall–Kier alpha value is 0.0969. The van der Waals surface area contributed by atoms with Crippen LogP contribution in [0.1, 0.15) is 32.6 Å². The molecule has 1 rings (SSSR count). The van der Waals surface area contributed by atoms with E-state index in [1.54, 1.807) is 14.2 Å². The summed E-state index contributed by atoms with van der Waals surface area (Å²) in [6.45, 7) is 2.32. The maximum Gasteiger partial charge on any atom is 0.427 e. The van der Waals surface area contributed by atoms with Gasteiger partial charge in [0, 0.05) is 19.8 Å². The highest BCUT2D eigenvalue weighted by Crippen LogP contribution is 2.40. The molecule has 0 bridgehead atoms. The molecule has 2 unspecified atom stereocenters. The van der Waals surface area contributed by atoms with Crippen LogP contribution in [0.5, 0.6) is 0 Å². The van der Waals surface area contributed by atoms with Crippen molar-refractivity contribution in [3.8, 4) is 0 Å². The Morgan fingerprint density at radius 2 is 1.71 bits per heavy atom. The number of nitrogens with one attached hydrogen (secondary N) is 1. The van der Waals surface area contributed by atoms with Crippen LogP contribution in [-0.4, -0.2) is 30.0 Å². The van der Waals surface area contributed by atoms with Gasteiger partial charge >= 0.3 is 8.72 Å². The van der Waals surface area contributed by atoms with E-state index in [2.05, 4.69) is 11.9 Å². The summed E-state index contributed by atoms with van der Waals surface area (Å²) in [5.41, 5.74) is 0.594. The van der Waals surface area contributed by atoms with Crippen LogP contribution < -0.4 is 4.98 Å². The summed E-state index contributed by atoms with van der Waals surface area (Å²) in [6.07, 6.45) is 5.24. The van der Waals surface area contributed by atoms with Gasteiger partial charge in [-0.1, -0.05) is 26.2 Å². The molecule has 0 spiro atoms. The first-order valence-corrected chi connectivity index (χ1v) is 7.38. The highest BCUT2D eigenvalue weighted by atomic mass is 28.4. The molecule has 0 amide bonds. The minimum atomic E-state index is -2.13. The molecule has 14 heavy (non-hydrogen) atoms. The van der Waals surface area contributed by atoms with Crippen molar-refractivity contribution in [3.63, 3.8) is 0 Å². The van der Waals surface area contributed by atoms with Crippen LogP contribution in [0.3, 0.4) is 0 Å². The average Bonchev–Trinajstić information content (AvgIpc) is 2.24. The Bertz CT molecular complexity index is 165. The van der Waals surface area contributed by atoms with E-state index in [0.717, 1.165) is 5.92 Å². The smallest absolute Gasteiger partial charge is 0.386 e. The fourth-order valence-corrected chi connectivity index (χ4v) is 5.71. The number of rotatable bonds is 4. The van der Waals surface area contributed by atoms with E-state index >= 15 is 0 Å². The van der Waals surface area contributed by atoms with Gasteiger partial charge in [-0.2, -0.15) is 0 Å². The summed E-state index contributed by atoms with van der Waals surface area (Å²) in [7, 11) is 3.37. The van der Waals surface area contributed by atoms with E-state index in [0.29, 0.717) is 5.54 Å². The van der Waals surface area contributed by atoms with E-state index in [4.69, 9.17) is 8.85 Å². The molecule has 0 heterocycles. The fourth-order valence-electron chi connectivity index (χ4n) is 2.66. The molecule has 1 fully saturated rings. The summed E-state index contributed by atoms with van der Waals surface area (Å²) in [5, 5.41) is 0. The predicted octanol–water partition coefficient (Wildman–Crippen LogP) is 2.02. The van der Waals surface area contributed by atoms with Gasteiger partial charge in [0.1, 0.15) is 0 Å². The third kappa shape index (κ3) is 2.19. The predicted molar refractivity (Wildman–Crippen MR) is 60.2 cm³/mol. The second-order valence-electron chi connectivity index (χ2n) is 4.19. The minimum Gasteiger partial charge on any atom is -0.386 e. The van der Waals surface area contributed by atoms with E-state index in [1.165, 1.54) is 25.7 Å². The van der Waals surface area contributed by atoms with Crippen molar-refractivity contribution in [1.29, 1.82) is 0 Å². The third-order valence-corrected chi connectivity index (χ3v) is 7.30. The Morgan fingerprint density at radius 1 is 1.14 bits per heavy atom. The molecule has 0 saturated heterocycles. The van der Waals surface area contributed by atoms with Crippen LogP contribution in [-0.2, 0) is 8.85 Å². The highest BCUT2D eigenvalue weighted by molar-refractivity contribution is 6.66. The lowest BCUT2D eigenvalue weighted by atomic mass is 9.90. The molecule has 0 aromatic heterocycles. The van der Waals surface area contributed by atoms with Crippen molar-refractivity contribution in [3.05, 3.63) is 0 Å². The van der Waals surface area contributed by atoms with Crippen LogP contribution in [0.2, 0.25) is 5.54 Å². The maximum absolute atomic E-state index is 5.65. The Kier molecular flexibility index (Phi) is 4.57. The summed E-state index contributed by atoms with van der Waals surface area (Å²) < 4.78 is 11.3. The van der Waals surface area contributed by atoms with E-state index in [9.17, 15) is 0 Å². The lowest BCUT2D eigenvalue weighted by molar-refractivity contribution is 0.189. The lowest BCUT2D eigenvalue weighted by Crippen LogP contribution is -2.58. The van der Waals surface area contributed by atoms with Gasteiger partial charge in [0.2, 0.25) is 0 Å². The summed E-state index contributed by atoms with van der Waals surface area (Å²) in [4.78, 5) is 3.31. The zero-order valence-corrected chi connectivity index (χ0v) is 10.8. The Morgan fingerprint density at radius 3 is 2.14 bits per heavy atom. The molecule has 1 aliphatic carbocycles. The first kappa shape index (κ1) is 12.2. The third-order valence-electron chi connectivity index (χ3n) is 3.55. The van der Waals surface area contributed by atoms with Crippen molar-refractivity contribution in [2.45, 2.75) is 38.1 Å². The summed E-state index contributed by atoms with van der Waals surface area (Å²) >= 11 is 0. The number of hydrogen-bond acceptors (Lipinski definition) is 3. The first-order valence-electron chi connectivity index (χ1n) is 5.49. The molecular weight excluding hydrogens is 194 g/mol. The van der Waals surface area contributed by atoms with Gasteiger partial charge < -0.3 is 8.85 Å². The van der Waals surface area contributed by atoms with Crippen molar-refractivity contribution in [1.82, 2.24) is 4.98 Å². The maximum atomic E-state index is 5.65.